The highest BCUT2D eigenvalue weighted by atomic mass is 127. The van der Waals surface area contributed by atoms with Crippen LogP contribution in [0, 0.1) is 9.39 Å². The number of hydrogen-bond acceptors (Lipinski definition) is 3. The van der Waals surface area contributed by atoms with Gasteiger partial charge in [0.05, 0.1) is 14.9 Å². The van der Waals surface area contributed by atoms with Crippen molar-refractivity contribution < 1.29 is 4.39 Å². The summed E-state index contributed by atoms with van der Waals surface area (Å²) in [4.78, 5) is 0. The van der Waals surface area contributed by atoms with E-state index < -0.39 is 0 Å². The Kier molecular flexibility index (Phi) is 6.40. The fourth-order valence-electron chi connectivity index (χ4n) is 1.43. The van der Waals surface area contributed by atoms with Crippen LogP contribution in [0.2, 0.25) is 0 Å². The molecule has 0 fully saturated rings. The Balaban J connectivity index is 2.58. The number of benzene rings is 1. The van der Waals surface area contributed by atoms with Crippen molar-refractivity contribution in [3.63, 3.8) is 0 Å². The Hall–Kier alpha value is -0.170. The molecule has 1 aromatic rings. The van der Waals surface area contributed by atoms with Crippen LogP contribution in [0.1, 0.15) is 20.3 Å². The third-order valence-electron chi connectivity index (χ3n) is 2.39. The van der Waals surface area contributed by atoms with Crippen LogP contribution in [0.15, 0.2) is 12.1 Å². The maximum Gasteiger partial charge on any atom is 0.138 e. The van der Waals surface area contributed by atoms with E-state index in [4.69, 9.17) is 5.73 Å². The van der Waals surface area contributed by atoms with Crippen LogP contribution < -0.4 is 11.1 Å². The zero-order valence-corrected chi connectivity index (χ0v) is 13.1. The Bertz CT molecular complexity index is 374. The molecule has 0 saturated heterocycles. The summed E-state index contributed by atoms with van der Waals surface area (Å²) in [5, 5.41) is 3.26. The highest BCUT2D eigenvalue weighted by Gasteiger charge is 2.08. The lowest BCUT2D eigenvalue weighted by atomic mass is 10.2. The molecule has 0 aliphatic carbocycles. The maximum absolute atomic E-state index is 13.4. The van der Waals surface area contributed by atoms with Crippen molar-refractivity contribution in [3.05, 3.63) is 21.5 Å². The molecule has 0 aliphatic rings. The molecule has 0 spiro atoms. The molecule has 1 aromatic carbocycles. The zero-order valence-electron chi connectivity index (χ0n) is 10.1. The minimum atomic E-state index is -0.225. The highest BCUT2D eigenvalue weighted by molar-refractivity contribution is 14.1. The van der Waals surface area contributed by atoms with E-state index in [1.807, 2.05) is 34.4 Å². The average molecular weight is 368 g/mol. The number of hydrogen-bond donors (Lipinski definition) is 2. The molecule has 96 valence electrons. The lowest BCUT2D eigenvalue weighted by molar-refractivity contribution is 0.620. The molecule has 0 amide bonds. The molecule has 1 unspecified atom stereocenters. The molecule has 17 heavy (non-hydrogen) atoms. The van der Waals surface area contributed by atoms with E-state index in [0.29, 0.717) is 21.0 Å². The van der Waals surface area contributed by atoms with E-state index in [2.05, 4.69) is 19.2 Å². The Morgan fingerprint density at radius 3 is 2.88 bits per heavy atom. The molecule has 5 heteroatoms. The predicted octanol–water partition coefficient (Wildman–Crippen LogP) is 3.96. The van der Waals surface area contributed by atoms with Gasteiger partial charge in [-0.05, 0) is 53.5 Å². The predicted molar refractivity (Wildman–Crippen MR) is 84.2 cm³/mol. The Labute approximate surface area is 120 Å². The third kappa shape index (κ3) is 4.91. The first-order valence-electron chi connectivity index (χ1n) is 5.63. The van der Waals surface area contributed by atoms with Gasteiger partial charge in [-0.2, -0.15) is 11.8 Å². The SMILES string of the molecule is CCSCCC(C)Nc1cc(F)c(I)cc1N. The average Bonchev–Trinajstić information content (AvgIpc) is 2.26. The molecular weight excluding hydrogens is 350 g/mol. The number of nitrogen functional groups attached to an aromatic ring is 1. The summed E-state index contributed by atoms with van der Waals surface area (Å²) in [5.74, 6) is 2.02. The van der Waals surface area contributed by atoms with Crippen molar-refractivity contribution in [1.82, 2.24) is 0 Å². The number of rotatable bonds is 6. The minimum absolute atomic E-state index is 0.225. The van der Waals surface area contributed by atoms with E-state index in [-0.39, 0.29) is 5.82 Å². The molecule has 1 atom stereocenters. The molecule has 0 aliphatic heterocycles. The molecule has 0 aromatic heterocycles. The van der Waals surface area contributed by atoms with Crippen LogP contribution in [-0.2, 0) is 0 Å². The Morgan fingerprint density at radius 2 is 2.24 bits per heavy atom. The van der Waals surface area contributed by atoms with Gasteiger partial charge in [0.15, 0.2) is 0 Å². The van der Waals surface area contributed by atoms with Crippen LogP contribution in [0.4, 0.5) is 15.8 Å². The maximum atomic E-state index is 13.4. The van der Waals surface area contributed by atoms with Crippen LogP contribution in [-0.4, -0.2) is 17.5 Å². The lowest BCUT2D eigenvalue weighted by Crippen LogP contribution is -2.17. The molecule has 0 saturated carbocycles. The molecule has 3 N–H and O–H groups in total. The first-order chi connectivity index (χ1) is 8.04. The van der Waals surface area contributed by atoms with Gasteiger partial charge in [-0.15, -0.1) is 0 Å². The third-order valence-corrected chi connectivity index (χ3v) is 4.15. The smallest absolute Gasteiger partial charge is 0.138 e. The summed E-state index contributed by atoms with van der Waals surface area (Å²) in [5.41, 5.74) is 7.15. The van der Waals surface area contributed by atoms with Crippen molar-refractivity contribution in [2.24, 2.45) is 0 Å². The summed E-state index contributed by atoms with van der Waals surface area (Å²) in [6.07, 6.45) is 1.05. The monoisotopic (exact) mass is 368 g/mol. The molecule has 1 rings (SSSR count). The van der Waals surface area contributed by atoms with E-state index in [0.717, 1.165) is 17.9 Å². The summed E-state index contributed by atoms with van der Waals surface area (Å²) in [6, 6.07) is 3.43. The van der Waals surface area contributed by atoms with E-state index in [1.165, 1.54) is 6.07 Å². The number of halogens is 2. The van der Waals surface area contributed by atoms with Gasteiger partial charge in [-0.1, -0.05) is 6.92 Å². The van der Waals surface area contributed by atoms with Gasteiger partial charge >= 0.3 is 0 Å². The fourth-order valence-corrected chi connectivity index (χ4v) is 2.73. The fraction of sp³-hybridized carbons (Fsp3) is 0.500. The second-order valence-electron chi connectivity index (χ2n) is 3.88. The van der Waals surface area contributed by atoms with Gasteiger partial charge in [0.2, 0.25) is 0 Å². The van der Waals surface area contributed by atoms with E-state index in [1.54, 1.807) is 6.07 Å². The number of nitrogens with two attached hydrogens (primary N) is 1. The first-order valence-corrected chi connectivity index (χ1v) is 7.86. The van der Waals surface area contributed by atoms with Crippen molar-refractivity contribution in [2.45, 2.75) is 26.3 Å². The topological polar surface area (TPSA) is 38.0 Å². The van der Waals surface area contributed by atoms with Crippen molar-refractivity contribution in [2.75, 3.05) is 22.6 Å². The quantitative estimate of drug-likeness (QED) is 0.454. The second kappa shape index (κ2) is 7.31. The normalized spacial score (nSPS) is 12.5. The van der Waals surface area contributed by atoms with Gasteiger partial charge in [-0.3, -0.25) is 0 Å². The zero-order chi connectivity index (χ0) is 12.8. The van der Waals surface area contributed by atoms with Crippen LogP contribution in [0.5, 0.6) is 0 Å². The molecule has 0 radical (unpaired) electrons. The summed E-state index contributed by atoms with van der Waals surface area (Å²) >= 11 is 3.85. The van der Waals surface area contributed by atoms with Gasteiger partial charge in [-0.25, -0.2) is 4.39 Å². The van der Waals surface area contributed by atoms with E-state index in [9.17, 15) is 4.39 Å². The van der Waals surface area contributed by atoms with E-state index >= 15 is 0 Å². The van der Waals surface area contributed by atoms with Gasteiger partial charge in [0, 0.05) is 12.1 Å². The van der Waals surface area contributed by atoms with Crippen LogP contribution in [0.3, 0.4) is 0 Å². The van der Waals surface area contributed by atoms with Crippen molar-refractivity contribution >= 4 is 45.7 Å². The first kappa shape index (κ1) is 14.9. The standard InChI is InChI=1S/C12H18FIN2S/c1-3-17-5-4-8(2)16-12-6-9(13)10(14)7-11(12)15/h6-8,16H,3-5,15H2,1-2H3. The summed E-state index contributed by atoms with van der Waals surface area (Å²) < 4.78 is 14.0. The summed E-state index contributed by atoms with van der Waals surface area (Å²) in [7, 11) is 0. The largest absolute Gasteiger partial charge is 0.397 e. The van der Waals surface area contributed by atoms with Crippen LogP contribution >= 0.6 is 34.4 Å². The number of thioether (sulfide) groups is 1. The van der Waals surface area contributed by atoms with Gasteiger partial charge in [0.25, 0.3) is 0 Å². The lowest BCUT2D eigenvalue weighted by Gasteiger charge is -2.17. The molecule has 2 nitrogen and oxygen atoms in total. The molecule has 0 heterocycles. The van der Waals surface area contributed by atoms with Gasteiger partial charge in [0.1, 0.15) is 5.82 Å². The van der Waals surface area contributed by atoms with Crippen molar-refractivity contribution in [3.8, 4) is 0 Å². The van der Waals surface area contributed by atoms with Gasteiger partial charge < -0.3 is 11.1 Å². The van der Waals surface area contributed by atoms with Crippen LogP contribution in [0.25, 0.3) is 0 Å². The highest BCUT2D eigenvalue weighted by Crippen LogP contribution is 2.25. The summed E-state index contributed by atoms with van der Waals surface area (Å²) in [6.45, 7) is 4.24. The minimum Gasteiger partial charge on any atom is -0.397 e. The number of nitrogens with one attached hydrogen (secondary N) is 1. The molecule has 0 bridgehead atoms. The number of anilines is 2. The second-order valence-corrected chi connectivity index (χ2v) is 6.44. The van der Waals surface area contributed by atoms with Crippen molar-refractivity contribution in [1.29, 1.82) is 0 Å². The Morgan fingerprint density at radius 1 is 1.53 bits per heavy atom. The molecular formula is C12H18FIN2S.